The largest absolute Gasteiger partial charge is 0.376 e. The summed E-state index contributed by atoms with van der Waals surface area (Å²) in [7, 11) is 1.88. The number of nitrogens with two attached hydrogens (primary N) is 1. The highest BCUT2D eigenvalue weighted by atomic mass is 79.9. The van der Waals surface area contributed by atoms with Gasteiger partial charge in [0.25, 0.3) is 0 Å². The summed E-state index contributed by atoms with van der Waals surface area (Å²) in [6.07, 6.45) is 0. The van der Waals surface area contributed by atoms with Gasteiger partial charge in [0.15, 0.2) is 5.11 Å². The molecule has 66 valence electrons. The average molecular weight is 265 g/mol. The summed E-state index contributed by atoms with van der Waals surface area (Å²) in [6, 6.07) is 2.07. The van der Waals surface area contributed by atoms with E-state index in [4.69, 9.17) is 18.0 Å². The number of rotatable bonds is 2. The number of hydrogen-bond acceptors (Lipinski definition) is 2. The third-order valence-electron chi connectivity index (χ3n) is 1.39. The molecule has 2 N–H and O–H groups in total. The third kappa shape index (κ3) is 2.73. The summed E-state index contributed by atoms with van der Waals surface area (Å²) in [6.45, 7) is 0.783. The summed E-state index contributed by atoms with van der Waals surface area (Å²) >= 11 is 9.90. The second kappa shape index (κ2) is 4.20. The molecule has 0 unspecified atom stereocenters. The minimum Gasteiger partial charge on any atom is -0.376 e. The van der Waals surface area contributed by atoms with Crippen molar-refractivity contribution in [1.29, 1.82) is 0 Å². The Hall–Kier alpha value is -0.130. The van der Waals surface area contributed by atoms with E-state index >= 15 is 0 Å². The summed E-state index contributed by atoms with van der Waals surface area (Å²) < 4.78 is 1.11. The fourth-order valence-electron chi connectivity index (χ4n) is 0.748. The van der Waals surface area contributed by atoms with E-state index in [1.807, 2.05) is 17.3 Å². The molecule has 5 heteroatoms. The van der Waals surface area contributed by atoms with Crippen molar-refractivity contribution in [2.75, 3.05) is 7.05 Å². The number of nitrogens with zero attached hydrogens (tertiary/aromatic N) is 1. The van der Waals surface area contributed by atoms with Crippen molar-refractivity contribution >= 4 is 44.6 Å². The summed E-state index contributed by atoms with van der Waals surface area (Å²) in [4.78, 5) is 3.09. The van der Waals surface area contributed by atoms with Crippen LogP contribution in [0.15, 0.2) is 15.9 Å². The first-order valence-corrected chi connectivity index (χ1v) is 5.41. The van der Waals surface area contributed by atoms with Crippen LogP contribution in [-0.2, 0) is 6.54 Å². The maximum absolute atomic E-state index is 5.44. The van der Waals surface area contributed by atoms with Crippen LogP contribution in [-0.4, -0.2) is 17.1 Å². The molecule has 0 fully saturated rings. The highest BCUT2D eigenvalue weighted by Gasteiger charge is 2.02. The zero-order valence-electron chi connectivity index (χ0n) is 6.58. The molecule has 1 rings (SSSR count). The van der Waals surface area contributed by atoms with E-state index in [9.17, 15) is 0 Å². The van der Waals surface area contributed by atoms with Crippen molar-refractivity contribution in [3.05, 3.63) is 20.8 Å². The van der Waals surface area contributed by atoms with Crippen LogP contribution in [0.3, 0.4) is 0 Å². The van der Waals surface area contributed by atoms with Crippen LogP contribution < -0.4 is 5.73 Å². The van der Waals surface area contributed by atoms with Crippen molar-refractivity contribution < 1.29 is 0 Å². The normalized spacial score (nSPS) is 9.83. The molecule has 0 aliphatic carbocycles. The second-order valence-corrected chi connectivity index (χ2v) is 4.76. The second-order valence-electron chi connectivity index (χ2n) is 2.43. The lowest BCUT2D eigenvalue weighted by Crippen LogP contribution is -2.30. The van der Waals surface area contributed by atoms with Crippen LogP contribution in [0.1, 0.15) is 4.88 Å². The van der Waals surface area contributed by atoms with E-state index in [0.717, 1.165) is 11.0 Å². The fourth-order valence-corrected chi connectivity index (χ4v) is 2.32. The number of thiocarbonyl (C=S) groups is 1. The van der Waals surface area contributed by atoms with Gasteiger partial charge in [-0.3, -0.25) is 0 Å². The first-order valence-electron chi connectivity index (χ1n) is 3.33. The maximum atomic E-state index is 5.44. The van der Waals surface area contributed by atoms with Gasteiger partial charge < -0.3 is 10.6 Å². The molecule has 1 heterocycles. The Bertz CT molecular complexity index is 285. The lowest BCUT2D eigenvalue weighted by molar-refractivity contribution is 0.510. The van der Waals surface area contributed by atoms with E-state index < -0.39 is 0 Å². The lowest BCUT2D eigenvalue weighted by atomic mass is 10.4. The van der Waals surface area contributed by atoms with Crippen LogP contribution in [0.25, 0.3) is 0 Å². The van der Waals surface area contributed by atoms with Crippen LogP contribution >= 0.6 is 39.5 Å². The average Bonchev–Trinajstić information content (AvgIpc) is 2.35. The Labute approximate surface area is 89.5 Å². The Morgan fingerprint density at radius 2 is 2.50 bits per heavy atom. The predicted molar refractivity (Wildman–Crippen MR) is 60.3 cm³/mol. The highest BCUT2D eigenvalue weighted by Crippen LogP contribution is 2.20. The van der Waals surface area contributed by atoms with Gasteiger partial charge in [-0.05, 0) is 34.2 Å². The fraction of sp³-hybridized carbons (Fsp3) is 0.286. The minimum atomic E-state index is 0.430. The molecule has 0 saturated heterocycles. The summed E-state index contributed by atoms with van der Waals surface area (Å²) in [5.74, 6) is 0. The first-order chi connectivity index (χ1) is 5.59. The molecule has 0 bridgehead atoms. The van der Waals surface area contributed by atoms with E-state index in [2.05, 4.69) is 22.0 Å². The standard InChI is InChI=1S/C7H9BrN2S2/c1-10(7(9)11)3-6-2-5(8)4-12-6/h2,4H,3H2,1H3,(H2,9,11). The SMILES string of the molecule is CN(Cc1cc(Br)cs1)C(N)=S. The number of hydrogen-bond donors (Lipinski definition) is 1. The van der Waals surface area contributed by atoms with Crippen molar-refractivity contribution in [2.45, 2.75) is 6.54 Å². The Balaban J connectivity index is 2.58. The quantitative estimate of drug-likeness (QED) is 0.831. The molecular formula is C7H9BrN2S2. The monoisotopic (exact) mass is 264 g/mol. The Morgan fingerprint density at radius 1 is 1.83 bits per heavy atom. The van der Waals surface area contributed by atoms with Gasteiger partial charge in [-0.1, -0.05) is 0 Å². The van der Waals surface area contributed by atoms with Crippen molar-refractivity contribution in [3.63, 3.8) is 0 Å². The van der Waals surface area contributed by atoms with Gasteiger partial charge >= 0.3 is 0 Å². The molecule has 0 aromatic carbocycles. The molecular weight excluding hydrogens is 256 g/mol. The number of thiophene rings is 1. The van der Waals surface area contributed by atoms with E-state index in [1.165, 1.54) is 4.88 Å². The molecule has 0 atom stereocenters. The van der Waals surface area contributed by atoms with Crippen molar-refractivity contribution in [2.24, 2.45) is 5.73 Å². The van der Waals surface area contributed by atoms with Gasteiger partial charge in [0.05, 0.1) is 6.54 Å². The van der Waals surface area contributed by atoms with Crippen LogP contribution in [0.2, 0.25) is 0 Å². The van der Waals surface area contributed by atoms with Gasteiger partial charge in [0.1, 0.15) is 0 Å². The smallest absolute Gasteiger partial charge is 0.166 e. The molecule has 0 saturated carbocycles. The van der Waals surface area contributed by atoms with Crippen LogP contribution in [0.4, 0.5) is 0 Å². The predicted octanol–water partition coefficient (Wildman–Crippen LogP) is 2.19. The summed E-state index contributed by atoms with van der Waals surface area (Å²) in [5.41, 5.74) is 5.44. The molecule has 0 spiro atoms. The van der Waals surface area contributed by atoms with E-state index in [-0.39, 0.29) is 0 Å². The Morgan fingerprint density at radius 3 is 2.92 bits per heavy atom. The van der Waals surface area contributed by atoms with Gasteiger partial charge in [0, 0.05) is 21.8 Å². The van der Waals surface area contributed by atoms with E-state index in [1.54, 1.807) is 11.3 Å². The number of halogens is 1. The van der Waals surface area contributed by atoms with Crippen molar-refractivity contribution in [1.82, 2.24) is 4.90 Å². The molecule has 0 aliphatic rings. The minimum absolute atomic E-state index is 0.430. The zero-order chi connectivity index (χ0) is 9.14. The highest BCUT2D eigenvalue weighted by molar-refractivity contribution is 9.10. The molecule has 12 heavy (non-hydrogen) atoms. The van der Waals surface area contributed by atoms with Gasteiger partial charge in [-0.15, -0.1) is 11.3 Å². The molecule has 0 amide bonds. The van der Waals surface area contributed by atoms with Crippen molar-refractivity contribution in [3.8, 4) is 0 Å². The molecule has 2 nitrogen and oxygen atoms in total. The third-order valence-corrected chi connectivity index (χ3v) is 3.39. The zero-order valence-corrected chi connectivity index (χ0v) is 9.80. The topological polar surface area (TPSA) is 29.3 Å². The van der Waals surface area contributed by atoms with Crippen LogP contribution in [0.5, 0.6) is 0 Å². The Kier molecular flexibility index (Phi) is 3.49. The molecule has 1 aromatic rings. The lowest BCUT2D eigenvalue weighted by Gasteiger charge is -2.14. The summed E-state index contributed by atoms with van der Waals surface area (Å²) in [5, 5.41) is 2.47. The molecule has 0 aliphatic heterocycles. The maximum Gasteiger partial charge on any atom is 0.166 e. The molecule has 1 aromatic heterocycles. The van der Waals surface area contributed by atoms with E-state index in [0.29, 0.717) is 5.11 Å². The first kappa shape index (κ1) is 9.95. The van der Waals surface area contributed by atoms with Gasteiger partial charge in [0.2, 0.25) is 0 Å². The van der Waals surface area contributed by atoms with Gasteiger partial charge in [-0.2, -0.15) is 0 Å². The molecule has 0 radical (unpaired) electrons. The van der Waals surface area contributed by atoms with Crippen LogP contribution in [0, 0.1) is 0 Å². The van der Waals surface area contributed by atoms with Gasteiger partial charge in [-0.25, -0.2) is 0 Å².